The normalized spacial score (nSPS) is 10.2. The van der Waals surface area contributed by atoms with Crippen molar-refractivity contribution in [3.8, 4) is 11.3 Å². The molecule has 2 amide bonds. The van der Waals surface area contributed by atoms with Gasteiger partial charge in [0.05, 0.1) is 5.69 Å². The Kier molecular flexibility index (Phi) is 4.53. The number of pyridine rings is 1. The molecule has 1 aromatic carbocycles. The first kappa shape index (κ1) is 15.7. The lowest BCUT2D eigenvalue weighted by atomic mass is 10.1. The van der Waals surface area contributed by atoms with E-state index in [1.807, 2.05) is 6.07 Å². The molecular formula is C16H12ClN5O2. The molecule has 8 heteroatoms. The average Bonchev–Trinajstić information content (AvgIpc) is 3.10. The molecule has 0 atom stereocenters. The fourth-order valence-electron chi connectivity index (χ4n) is 1.98. The van der Waals surface area contributed by atoms with Crippen molar-refractivity contribution in [1.82, 2.24) is 26.0 Å². The number of carbonyl (C=O) groups excluding carboxylic acids is 2. The molecule has 2 heterocycles. The van der Waals surface area contributed by atoms with Gasteiger partial charge < -0.3 is 0 Å². The van der Waals surface area contributed by atoms with Gasteiger partial charge in [-0.3, -0.25) is 30.5 Å². The smallest absolute Gasteiger partial charge is 0.272 e. The van der Waals surface area contributed by atoms with Crippen molar-refractivity contribution in [2.75, 3.05) is 0 Å². The molecule has 0 aliphatic heterocycles. The Morgan fingerprint density at radius 2 is 1.83 bits per heavy atom. The number of aromatic amines is 1. The highest BCUT2D eigenvalue weighted by molar-refractivity contribution is 6.30. The van der Waals surface area contributed by atoms with Crippen LogP contribution in [0.2, 0.25) is 5.02 Å². The standard InChI is InChI=1S/C16H12ClN5O2/c17-11-5-3-4-10(8-11)13-9-14(20-19-13)16(24)22-21-15(23)12-6-1-2-7-18-12/h1-9H,(H,19,20)(H,21,23)(H,22,24). The second kappa shape index (κ2) is 6.93. The number of benzene rings is 1. The fourth-order valence-corrected chi connectivity index (χ4v) is 2.17. The van der Waals surface area contributed by atoms with Crippen molar-refractivity contribution >= 4 is 23.4 Å². The first-order valence-electron chi connectivity index (χ1n) is 6.96. The Bertz CT molecular complexity index is 879. The number of nitrogens with one attached hydrogen (secondary N) is 3. The number of H-pyrrole nitrogens is 1. The second-order valence-electron chi connectivity index (χ2n) is 4.80. The fraction of sp³-hybridized carbons (Fsp3) is 0. The molecule has 0 aliphatic carbocycles. The van der Waals surface area contributed by atoms with Crippen LogP contribution in [-0.4, -0.2) is 27.0 Å². The van der Waals surface area contributed by atoms with Gasteiger partial charge in [0.25, 0.3) is 11.8 Å². The molecule has 0 fully saturated rings. The van der Waals surface area contributed by atoms with Crippen molar-refractivity contribution < 1.29 is 9.59 Å². The summed E-state index contributed by atoms with van der Waals surface area (Å²) in [5.41, 5.74) is 6.32. The molecule has 0 spiro atoms. The number of amides is 2. The Morgan fingerprint density at radius 1 is 1.00 bits per heavy atom. The molecule has 120 valence electrons. The van der Waals surface area contributed by atoms with E-state index in [1.54, 1.807) is 36.4 Å². The highest BCUT2D eigenvalue weighted by atomic mass is 35.5. The summed E-state index contributed by atoms with van der Waals surface area (Å²) in [7, 11) is 0. The van der Waals surface area contributed by atoms with Gasteiger partial charge in [-0.15, -0.1) is 0 Å². The Labute approximate surface area is 142 Å². The zero-order valence-electron chi connectivity index (χ0n) is 12.3. The van der Waals surface area contributed by atoms with Crippen LogP contribution in [0, 0.1) is 0 Å². The monoisotopic (exact) mass is 341 g/mol. The van der Waals surface area contributed by atoms with Crippen molar-refractivity contribution in [2.45, 2.75) is 0 Å². The van der Waals surface area contributed by atoms with Gasteiger partial charge in [-0.1, -0.05) is 29.8 Å². The molecule has 0 saturated carbocycles. The summed E-state index contributed by atoms with van der Waals surface area (Å²) >= 11 is 5.94. The summed E-state index contributed by atoms with van der Waals surface area (Å²) in [6.07, 6.45) is 1.49. The number of aromatic nitrogens is 3. The topological polar surface area (TPSA) is 99.8 Å². The molecule has 0 radical (unpaired) electrons. The van der Waals surface area contributed by atoms with Gasteiger partial charge in [0, 0.05) is 16.8 Å². The maximum atomic E-state index is 12.0. The SMILES string of the molecule is O=C(NNC(=O)c1cc(-c2cccc(Cl)c2)n[nH]1)c1ccccn1. The van der Waals surface area contributed by atoms with Crippen LogP contribution >= 0.6 is 11.6 Å². The van der Waals surface area contributed by atoms with E-state index in [-0.39, 0.29) is 11.4 Å². The summed E-state index contributed by atoms with van der Waals surface area (Å²) in [6.45, 7) is 0. The third-order valence-corrected chi connectivity index (χ3v) is 3.37. The van der Waals surface area contributed by atoms with Gasteiger partial charge in [0.15, 0.2) is 0 Å². The number of carbonyl (C=O) groups is 2. The van der Waals surface area contributed by atoms with Crippen molar-refractivity contribution in [2.24, 2.45) is 0 Å². The number of nitrogens with zero attached hydrogens (tertiary/aromatic N) is 2. The van der Waals surface area contributed by atoms with E-state index in [1.165, 1.54) is 12.3 Å². The van der Waals surface area contributed by atoms with Gasteiger partial charge in [-0.05, 0) is 30.3 Å². The summed E-state index contributed by atoms with van der Waals surface area (Å²) in [6, 6.07) is 13.6. The quantitative estimate of drug-likeness (QED) is 0.636. The molecule has 3 N–H and O–H groups in total. The number of hydrazine groups is 1. The van der Waals surface area contributed by atoms with E-state index in [2.05, 4.69) is 26.0 Å². The van der Waals surface area contributed by atoms with Crippen LogP contribution in [0.3, 0.4) is 0 Å². The van der Waals surface area contributed by atoms with Crippen LogP contribution < -0.4 is 10.9 Å². The highest BCUT2D eigenvalue weighted by Crippen LogP contribution is 2.21. The van der Waals surface area contributed by atoms with E-state index in [4.69, 9.17) is 11.6 Å². The number of hydrogen-bond acceptors (Lipinski definition) is 4. The molecular weight excluding hydrogens is 330 g/mol. The van der Waals surface area contributed by atoms with Crippen LogP contribution in [-0.2, 0) is 0 Å². The van der Waals surface area contributed by atoms with E-state index >= 15 is 0 Å². The van der Waals surface area contributed by atoms with Crippen molar-refractivity contribution in [3.05, 3.63) is 71.1 Å². The zero-order valence-corrected chi connectivity index (χ0v) is 13.0. The Balaban J connectivity index is 1.65. The molecule has 24 heavy (non-hydrogen) atoms. The van der Waals surface area contributed by atoms with Gasteiger partial charge in [0.2, 0.25) is 0 Å². The molecule has 2 aromatic heterocycles. The number of rotatable bonds is 3. The zero-order chi connectivity index (χ0) is 16.9. The predicted octanol–water partition coefficient (Wildman–Crippen LogP) is 2.20. The van der Waals surface area contributed by atoms with Gasteiger partial charge in [0.1, 0.15) is 11.4 Å². The number of halogens is 1. The maximum absolute atomic E-state index is 12.0. The van der Waals surface area contributed by atoms with Crippen molar-refractivity contribution in [1.29, 1.82) is 0 Å². The number of hydrogen-bond donors (Lipinski definition) is 3. The molecule has 0 saturated heterocycles. The molecule has 3 rings (SSSR count). The minimum absolute atomic E-state index is 0.196. The summed E-state index contributed by atoms with van der Waals surface area (Å²) in [5.74, 6) is -1.04. The van der Waals surface area contributed by atoms with Gasteiger partial charge >= 0.3 is 0 Å². The van der Waals surface area contributed by atoms with Crippen LogP contribution in [0.25, 0.3) is 11.3 Å². The van der Waals surface area contributed by atoms with Crippen LogP contribution in [0.5, 0.6) is 0 Å². The second-order valence-corrected chi connectivity index (χ2v) is 5.24. The summed E-state index contributed by atoms with van der Waals surface area (Å²) in [4.78, 5) is 27.7. The lowest BCUT2D eigenvalue weighted by molar-refractivity contribution is 0.0841. The average molecular weight is 342 g/mol. The van der Waals surface area contributed by atoms with E-state index in [0.717, 1.165) is 5.56 Å². The lowest BCUT2D eigenvalue weighted by Gasteiger charge is -2.05. The lowest BCUT2D eigenvalue weighted by Crippen LogP contribution is -2.42. The Hall–Kier alpha value is -3.19. The molecule has 3 aromatic rings. The maximum Gasteiger partial charge on any atom is 0.288 e. The van der Waals surface area contributed by atoms with E-state index < -0.39 is 11.8 Å². The minimum Gasteiger partial charge on any atom is -0.272 e. The van der Waals surface area contributed by atoms with Crippen LogP contribution in [0.4, 0.5) is 0 Å². The minimum atomic E-state index is -0.528. The van der Waals surface area contributed by atoms with E-state index in [0.29, 0.717) is 10.7 Å². The van der Waals surface area contributed by atoms with Crippen LogP contribution in [0.1, 0.15) is 21.0 Å². The molecule has 0 aliphatic rings. The first-order chi connectivity index (χ1) is 11.6. The van der Waals surface area contributed by atoms with E-state index in [9.17, 15) is 9.59 Å². The highest BCUT2D eigenvalue weighted by Gasteiger charge is 2.13. The first-order valence-corrected chi connectivity index (χ1v) is 7.34. The third-order valence-electron chi connectivity index (χ3n) is 3.13. The largest absolute Gasteiger partial charge is 0.288 e. The van der Waals surface area contributed by atoms with Crippen LogP contribution in [0.15, 0.2) is 54.7 Å². The third kappa shape index (κ3) is 3.58. The predicted molar refractivity (Wildman–Crippen MR) is 88.2 cm³/mol. The van der Waals surface area contributed by atoms with Gasteiger partial charge in [-0.2, -0.15) is 5.10 Å². The summed E-state index contributed by atoms with van der Waals surface area (Å²) in [5, 5.41) is 7.25. The molecule has 7 nitrogen and oxygen atoms in total. The molecule has 0 unspecified atom stereocenters. The molecule has 0 bridgehead atoms. The summed E-state index contributed by atoms with van der Waals surface area (Å²) < 4.78 is 0. The Morgan fingerprint density at radius 3 is 2.58 bits per heavy atom. The van der Waals surface area contributed by atoms with Crippen molar-refractivity contribution in [3.63, 3.8) is 0 Å². The van der Waals surface area contributed by atoms with Gasteiger partial charge in [-0.25, -0.2) is 0 Å².